The summed E-state index contributed by atoms with van der Waals surface area (Å²) < 4.78 is 8.39. The Morgan fingerprint density at radius 2 is 1.24 bits per heavy atom. The van der Waals surface area contributed by atoms with Crippen LogP contribution in [-0.4, -0.2) is 21.2 Å². The van der Waals surface area contributed by atoms with E-state index in [2.05, 4.69) is 60.5 Å². The molecule has 0 aliphatic carbocycles. The average Bonchev–Trinajstić information content (AvgIpc) is 2.54. The van der Waals surface area contributed by atoms with Gasteiger partial charge in [-0.2, -0.15) is 0 Å². The van der Waals surface area contributed by atoms with Crippen molar-refractivity contribution in [2.24, 2.45) is 0 Å². The van der Waals surface area contributed by atoms with Crippen LogP contribution in [0.2, 0.25) is 11.9 Å². The Morgan fingerprint density at radius 3 is 1.67 bits per heavy atom. The van der Waals surface area contributed by atoms with Crippen molar-refractivity contribution in [1.29, 1.82) is 0 Å². The fraction of sp³-hybridized carbons (Fsp3) is 0.600. The molecular weight excluding hydrogens is 447 g/mol. The topological polar surface area (TPSA) is 0 Å². The van der Waals surface area contributed by atoms with Gasteiger partial charge in [-0.3, -0.25) is 0 Å². The zero-order valence-electron chi connectivity index (χ0n) is 14.3. The first-order valence-corrected chi connectivity index (χ1v) is 19.0. The van der Waals surface area contributed by atoms with Gasteiger partial charge in [-0.25, -0.2) is 0 Å². The Hall–Kier alpha value is -0.298. The molecule has 0 amide bonds. The minimum atomic E-state index is -2.39. The summed E-state index contributed by atoms with van der Waals surface area (Å²) >= 11 is -2.39. The van der Waals surface area contributed by atoms with Gasteiger partial charge in [0.2, 0.25) is 0 Å². The maximum absolute atomic E-state index is 3.93. The third-order valence-corrected chi connectivity index (χ3v) is 22.1. The van der Waals surface area contributed by atoms with Crippen LogP contribution in [0.25, 0.3) is 0 Å². The summed E-state index contributed by atoms with van der Waals surface area (Å²) in [7, 11) is 0. The van der Waals surface area contributed by atoms with E-state index in [1.807, 2.05) is 0 Å². The maximum atomic E-state index is 3.93. The quantitative estimate of drug-likeness (QED) is 0.283. The fourth-order valence-corrected chi connectivity index (χ4v) is 20.8. The summed E-state index contributed by atoms with van der Waals surface area (Å²) in [6.07, 6.45) is 8.18. The molecule has 0 saturated carbocycles. The summed E-state index contributed by atoms with van der Waals surface area (Å²) in [5.41, 5.74) is 1.21. The van der Waals surface area contributed by atoms with Gasteiger partial charge in [0.25, 0.3) is 0 Å². The summed E-state index contributed by atoms with van der Waals surface area (Å²) in [4.78, 5) is 0. The van der Waals surface area contributed by atoms with Crippen molar-refractivity contribution >= 4 is 21.2 Å². The van der Waals surface area contributed by atoms with Gasteiger partial charge in [-0.15, -0.1) is 0 Å². The van der Waals surface area contributed by atoms with E-state index in [0.29, 0.717) is 0 Å². The van der Waals surface area contributed by atoms with Crippen molar-refractivity contribution in [2.75, 3.05) is 0 Å². The van der Waals surface area contributed by atoms with E-state index < -0.39 is 21.2 Å². The van der Waals surface area contributed by atoms with E-state index in [0.717, 1.165) is 0 Å². The molecule has 0 aliphatic heterocycles. The van der Waals surface area contributed by atoms with Gasteiger partial charge in [-0.1, -0.05) is 0 Å². The minimum absolute atomic E-state index is 1.21. The van der Waals surface area contributed by atoms with Crippen molar-refractivity contribution in [1.82, 2.24) is 0 Å². The van der Waals surface area contributed by atoms with Crippen LogP contribution in [0.3, 0.4) is 0 Å². The third kappa shape index (κ3) is 7.49. The van der Waals surface area contributed by atoms with Gasteiger partial charge in [0.05, 0.1) is 0 Å². The molecular formula is C20H32Pb. The molecule has 21 heavy (non-hydrogen) atoms. The Morgan fingerprint density at radius 1 is 0.762 bits per heavy atom. The van der Waals surface area contributed by atoms with Crippen molar-refractivity contribution < 1.29 is 0 Å². The van der Waals surface area contributed by atoms with Crippen LogP contribution >= 0.6 is 0 Å². The van der Waals surface area contributed by atoms with Crippen LogP contribution < -0.4 is 0 Å². The van der Waals surface area contributed by atoms with Gasteiger partial charge in [-0.05, 0) is 0 Å². The summed E-state index contributed by atoms with van der Waals surface area (Å²) in [6.45, 7) is 6.97. The van der Waals surface area contributed by atoms with Crippen LogP contribution in [-0.2, 0) is 0 Å². The van der Waals surface area contributed by atoms with Crippen LogP contribution in [0.4, 0.5) is 0 Å². The first-order chi connectivity index (χ1) is 10.3. The van der Waals surface area contributed by atoms with Gasteiger partial charge < -0.3 is 0 Å². The first kappa shape index (κ1) is 18.8. The predicted molar refractivity (Wildman–Crippen MR) is 98.2 cm³/mol. The molecule has 0 heterocycles. The fourth-order valence-electron chi connectivity index (χ4n) is 2.83. The van der Waals surface area contributed by atoms with Crippen molar-refractivity contribution in [3.8, 4) is 9.40 Å². The van der Waals surface area contributed by atoms with E-state index >= 15 is 0 Å². The molecule has 0 aliphatic rings. The van der Waals surface area contributed by atoms with E-state index in [-0.39, 0.29) is 0 Å². The molecule has 1 aromatic carbocycles. The monoisotopic (exact) mass is 480 g/mol. The summed E-state index contributed by atoms with van der Waals surface area (Å²) in [5.74, 6) is 3.56. The second-order valence-electron chi connectivity index (χ2n) is 6.21. The van der Waals surface area contributed by atoms with Gasteiger partial charge in [0, 0.05) is 0 Å². The van der Waals surface area contributed by atoms with Crippen LogP contribution in [0.15, 0.2) is 30.3 Å². The summed E-state index contributed by atoms with van der Waals surface area (Å²) in [5, 5.41) is 0. The second-order valence-corrected chi connectivity index (χ2v) is 23.0. The SMILES string of the molecule is CCC[CH2][Pb]([C]#Cc1ccccc1)([CH2]CCC)[CH2]CCC. The molecule has 0 fully saturated rings. The molecule has 0 bridgehead atoms. The molecule has 0 atom stereocenters. The third-order valence-electron chi connectivity index (χ3n) is 4.27. The standard InChI is InChI=1S/C8H5.3C4H9.Pb/c1-2-8-6-4-3-5-7-8;3*1-3-4-2;/h3-7H;3*1,3-4H2,2H3;. The normalized spacial score (nSPS) is 11.0. The van der Waals surface area contributed by atoms with Gasteiger partial charge in [0.1, 0.15) is 0 Å². The Kier molecular flexibility index (Phi) is 10.1. The number of hydrogen-bond donors (Lipinski definition) is 0. The Labute approximate surface area is 137 Å². The molecule has 0 radical (unpaired) electrons. The molecule has 0 nitrogen and oxygen atoms in total. The molecule has 1 aromatic rings. The Balaban J connectivity index is 2.92. The van der Waals surface area contributed by atoms with Gasteiger partial charge >= 0.3 is 138 Å². The predicted octanol–water partition coefficient (Wildman–Crippen LogP) is 6.43. The number of benzene rings is 1. The van der Waals surface area contributed by atoms with E-state index in [4.69, 9.17) is 0 Å². The van der Waals surface area contributed by atoms with Gasteiger partial charge in [0.15, 0.2) is 0 Å². The van der Waals surface area contributed by atoms with E-state index in [1.54, 1.807) is 0 Å². The number of unbranched alkanes of at least 4 members (excludes halogenated alkanes) is 3. The van der Waals surface area contributed by atoms with E-state index in [9.17, 15) is 0 Å². The van der Waals surface area contributed by atoms with E-state index in [1.165, 1.54) is 56.0 Å². The number of hydrogen-bond acceptors (Lipinski definition) is 0. The molecule has 0 saturated heterocycles. The molecule has 0 N–H and O–H groups in total. The molecule has 0 aromatic heterocycles. The van der Waals surface area contributed by atoms with Crippen LogP contribution in [0, 0.1) is 9.40 Å². The van der Waals surface area contributed by atoms with Crippen LogP contribution in [0.5, 0.6) is 0 Å². The second kappa shape index (κ2) is 11.3. The molecule has 1 heteroatoms. The van der Waals surface area contributed by atoms with Crippen molar-refractivity contribution in [3.05, 3.63) is 35.9 Å². The van der Waals surface area contributed by atoms with Crippen molar-refractivity contribution in [2.45, 2.75) is 71.2 Å². The number of rotatable bonds is 9. The molecule has 1 rings (SSSR count). The Bertz CT molecular complexity index is 402. The first-order valence-electron chi connectivity index (χ1n) is 8.84. The average molecular weight is 480 g/mol. The molecule has 0 unspecified atom stereocenters. The zero-order chi connectivity index (χ0) is 15.4. The van der Waals surface area contributed by atoms with Crippen LogP contribution in [0.1, 0.15) is 64.9 Å². The molecule has 0 spiro atoms. The molecule has 116 valence electrons. The summed E-state index contributed by atoms with van der Waals surface area (Å²) in [6, 6.07) is 10.6. The van der Waals surface area contributed by atoms with Crippen molar-refractivity contribution in [3.63, 3.8) is 0 Å². The zero-order valence-corrected chi connectivity index (χ0v) is 18.1.